The Balaban J connectivity index is 1.81. The predicted molar refractivity (Wildman–Crippen MR) is 87.2 cm³/mol. The summed E-state index contributed by atoms with van der Waals surface area (Å²) in [5, 5.41) is 6.40. The first kappa shape index (κ1) is 15.2. The van der Waals surface area contributed by atoms with Crippen molar-refractivity contribution in [2.75, 3.05) is 12.4 Å². The molecule has 1 heterocycles. The molecule has 0 spiro atoms. The average Bonchev–Trinajstić information content (AvgIpc) is 2.95. The monoisotopic (exact) mass is 339 g/mol. The summed E-state index contributed by atoms with van der Waals surface area (Å²) in [6, 6.07) is 7.47. The number of nitrogens with one attached hydrogen (secondary N) is 2. The number of aromatic nitrogens is 1. The van der Waals surface area contributed by atoms with Gasteiger partial charge in [-0.15, -0.1) is 23.2 Å². The SMILES string of the molecule is CNC(=O)Cn1ccc2ccc(NC(=O)[C@H]3CC3(Cl)Cl)cc21. The fourth-order valence-electron chi connectivity index (χ4n) is 2.36. The summed E-state index contributed by atoms with van der Waals surface area (Å²) in [4.78, 5) is 23.5. The highest BCUT2D eigenvalue weighted by Gasteiger charge is 2.56. The van der Waals surface area contributed by atoms with E-state index in [1.807, 2.05) is 35.0 Å². The molecule has 2 aromatic rings. The van der Waals surface area contributed by atoms with Crippen LogP contribution in [-0.2, 0) is 16.1 Å². The number of hydrogen-bond acceptors (Lipinski definition) is 2. The van der Waals surface area contributed by atoms with Gasteiger partial charge in [0.05, 0.1) is 11.4 Å². The Morgan fingerprint density at radius 1 is 1.36 bits per heavy atom. The molecule has 2 N–H and O–H groups in total. The summed E-state index contributed by atoms with van der Waals surface area (Å²) in [6.45, 7) is 0.229. The Kier molecular flexibility index (Phi) is 3.78. The molecule has 1 atom stereocenters. The molecule has 0 radical (unpaired) electrons. The third-order valence-electron chi connectivity index (χ3n) is 3.78. The molecular weight excluding hydrogens is 325 g/mol. The number of halogens is 2. The Hall–Kier alpha value is -1.72. The van der Waals surface area contributed by atoms with Crippen LogP contribution in [0.25, 0.3) is 10.9 Å². The zero-order valence-electron chi connectivity index (χ0n) is 11.9. The lowest BCUT2D eigenvalue weighted by molar-refractivity contribution is -0.121. The van der Waals surface area contributed by atoms with Crippen LogP contribution in [0.15, 0.2) is 30.5 Å². The Labute approximate surface area is 137 Å². The largest absolute Gasteiger partial charge is 0.358 e. The minimum atomic E-state index is -0.937. The van der Waals surface area contributed by atoms with Crippen molar-refractivity contribution in [1.29, 1.82) is 0 Å². The molecular formula is C15H15Cl2N3O2. The molecule has 116 valence electrons. The number of carbonyl (C=O) groups excluding carboxylic acids is 2. The number of anilines is 1. The molecule has 0 saturated heterocycles. The van der Waals surface area contributed by atoms with E-state index in [4.69, 9.17) is 23.2 Å². The molecule has 3 rings (SSSR count). The van der Waals surface area contributed by atoms with Crippen LogP contribution in [0.2, 0.25) is 0 Å². The minimum Gasteiger partial charge on any atom is -0.358 e. The van der Waals surface area contributed by atoms with Crippen molar-refractivity contribution in [1.82, 2.24) is 9.88 Å². The maximum atomic E-state index is 12.0. The Bertz CT molecular complexity index is 754. The molecule has 7 heteroatoms. The zero-order chi connectivity index (χ0) is 15.9. The van der Waals surface area contributed by atoms with E-state index >= 15 is 0 Å². The second-order valence-electron chi connectivity index (χ2n) is 5.40. The van der Waals surface area contributed by atoms with E-state index in [1.54, 1.807) is 7.05 Å². The van der Waals surface area contributed by atoms with Crippen LogP contribution < -0.4 is 10.6 Å². The van der Waals surface area contributed by atoms with Crippen LogP contribution in [0.3, 0.4) is 0 Å². The van der Waals surface area contributed by atoms with Gasteiger partial charge in [0.2, 0.25) is 11.8 Å². The highest BCUT2D eigenvalue weighted by molar-refractivity contribution is 6.52. The molecule has 1 aliphatic carbocycles. The molecule has 2 amide bonds. The quantitative estimate of drug-likeness (QED) is 0.840. The van der Waals surface area contributed by atoms with Crippen LogP contribution in [0.4, 0.5) is 5.69 Å². The normalized spacial score (nSPS) is 19.0. The van der Waals surface area contributed by atoms with Crippen molar-refractivity contribution < 1.29 is 9.59 Å². The van der Waals surface area contributed by atoms with E-state index in [9.17, 15) is 9.59 Å². The van der Waals surface area contributed by atoms with Gasteiger partial charge < -0.3 is 15.2 Å². The molecule has 1 aromatic carbocycles. The van der Waals surface area contributed by atoms with Crippen LogP contribution in [-0.4, -0.2) is 27.8 Å². The first-order chi connectivity index (χ1) is 10.4. The van der Waals surface area contributed by atoms with E-state index in [0.717, 1.165) is 10.9 Å². The van der Waals surface area contributed by atoms with Crippen LogP contribution in [0.5, 0.6) is 0 Å². The summed E-state index contributed by atoms with van der Waals surface area (Å²) in [6.07, 6.45) is 2.31. The van der Waals surface area contributed by atoms with Crippen molar-refractivity contribution in [2.45, 2.75) is 17.3 Å². The number of nitrogens with zero attached hydrogens (tertiary/aromatic N) is 1. The first-order valence-electron chi connectivity index (χ1n) is 6.89. The van der Waals surface area contributed by atoms with Crippen molar-refractivity contribution in [3.63, 3.8) is 0 Å². The number of rotatable bonds is 4. The summed E-state index contributed by atoms with van der Waals surface area (Å²) in [5.74, 6) is -0.642. The molecule has 0 unspecified atom stereocenters. The lowest BCUT2D eigenvalue weighted by Gasteiger charge is -2.08. The highest BCUT2D eigenvalue weighted by Crippen LogP contribution is 2.53. The second kappa shape index (κ2) is 5.48. The first-order valence-corrected chi connectivity index (χ1v) is 7.64. The number of alkyl halides is 2. The van der Waals surface area contributed by atoms with Gasteiger partial charge >= 0.3 is 0 Å². The second-order valence-corrected chi connectivity index (χ2v) is 6.94. The van der Waals surface area contributed by atoms with Crippen LogP contribution in [0, 0.1) is 5.92 Å². The fourth-order valence-corrected chi connectivity index (χ4v) is 2.87. The van der Waals surface area contributed by atoms with E-state index in [-0.39, 0.29) is 24.3 Å². The van der Waals surface area contributed by atoms with E-state index in [2.05, 4.69) is 10.6 Å². The van der Waals surface area contributed by atoms with Crippen molar-refractivity contribution in [3.8, 4) is 0 Å². The predicted octanol–water partition coefficient (Wildman–Crippen LogP) is 2.52. The lowest BCUT2D eigenvalue weighted by atomic mass is 10.2. The van der Waals surface area contributed by atoms with Crippen LogP contribution >= 0.6 is 23.2 Å². The minimum absolute atomic E-state index is 0.0843. The molecule has 1 fully saturated rings. The number of hydrogen-bond donors (Lipinski definition) is 2. The third kappa shape index (κ3) is 2.91. The number of likely N-dealkylation sites (N-methyl/N-ethyl adjacent to an activating group) is 1. The number of amides is 2. The van der Waals surface area contributed by atoms with Gasteiger partial charge in [-0.1, -0.05) is 6.07 Å². The summed E-state index contributed by atoms with van der Waals surface area (Å²) in [7, 11) is 1.60. The van der Waals surface area contributed by atoms with Gasteiger partial charge in [-0.2, -0.15) is 0 Å². The molecule has 5 nitrogen and oxygen atoms in total. The fraction of sp³-hybridized carbons (Fsp3) is 0.333. The highest BCUT2D eigenvalue weighted by atomic mass is 35.5. The van der Waals surface area contributed by atoms with E-state index < -0.39 is 4.33 Å². The lowest BCUT2D eigenvalue weighted by Crippen LogP contribution is -2.23. The van der Waals surface area contributed by atoms with E-state index in [0.29, 0.717) is 12.1 Å². The molecule has 1 aromatic heterocycles. The maximum absolute atomic E-state index is 12.0. The number of fused-ring (bicyclic) bond motifs is 1. The van der Waals surface area contributed by atoms with Gasteiger partial charge in [-0.05, 0) is 30.0 Å². The van der Waals surface area contributed by atoms with Gasteiger partial charge in [0.1, 0.15) is 10.9 Å². The maximum Gasteiger partial charge on any atom is 0.239 e. The smallest absolute Gasteiger partial charge is 0.239 e. The van der Waals surface area contributed by atoms with Crippen molar-refractivity contribution in [2.24, 2.45) is 5.92 Å². The summed E-state index contributed by atoms with van der Waals surface area (Å²) < 4.78 is 0.891. The summed E-state index contributed by atoms with van der Waals surface area (Å²) in [5.41, 5.74) is 1.53. The molecule has 0 aliphatic heterocycles. The number of benzene rings is 1. The van der Waals surface area contributed by atoms with E-state index in [1.165, 1.54) is 0 Å². The van der Waals surface area contributed by atoms with Gasteiger partial charge in [-0.25, -0.2) is 0 Å². The Morgan fingerprint density at radius 3 is 2.73 bits per heavy atom. The molecule has 1 saturated carbocycles. The zero-order valence-corrected chi connectivity index (χ0v) is 13.4. The topological polar surface area (TPSA) is 63.1 Å². The Morgan fingerprint density at radius 2 is 2.09 bits per heavy atom. The molecule has 1 aliphatic rings. The molecule has 22 heavy (non-hydrogen) atoms. The van der Waals surface area contributed by atoms with Gasteiger partial charge in [0.15, 0.2) is 0 Å². The molecule has 0 bridgehead atoms. The number of carbonyl (C=O) groups is 2. The average molecular weight is 340 g/mol. The van der Waals surface area contributed by atoms with Crippen molar-refractivity contribution in [3.05, 3.63) is 30.5 Å². The third-order valence-corrected chi connectivity index (χ3v) is 4.61. The standard InChI is InChI=1S/C15H15Cl2N3O2/c1-18-13(21)8-20-5-4-9-2-3-10(6-12(9)20)19-14(22)11-7-15(11,16)17/h2-6,11H,7-8H2,1H3,(H,18,21)(H,19,22)/t11-/m1/s1. The van der Waals surface area contributed by atoms with Crippen LogP contribution in [0.1, 0.15) is 6.42 Å². The van der Waals surface area contributed by atoms with Gasteiger partial charge in [0, 0.05) is 18.9 Å². The van der Waals surface area contributed by atoms with Gasteiger partial charge in [-0.3, -0.25) is 9.59 Å². The summed E-state index contributed by atoms with van der Waals surface area (Å²) >= 11 is 11.8. The van der Waals surface area contributed by atoms with Crippen molar-refractivity contribution >= 4 is 51.6 Å². The van der Waals surface area contributed by atoms with Gasteiger partial charge in [0.25, 0.3) is 0 Å².